The van der Waals surface area contributed by atoms with Gasteiger partial charge in [0.1, 0.15) is 5.75 Å². The Labute approximate surface area is 96.0 Å². The Bertz CT molecular complexity index is 345. The second-order valence-electron chi connectivity index (χ2n) is 4.71. The molecule has 1 heterocycles. The molecule has 1 aliphatic rings. The minimum absolute atomic E-state index is 0.174. The second-order valence-corrected chi connectivity index (χ2v) is 4.71. The van der Waals surface area contributed by atoms with Crippen LogP contribution in [0.4, 0.5) is 0 Å². The predicted molar refractivity (Wildman–Crippen MR) is 61.7 cm³/mol. The SMILES string of the molecule is CC1(COc2cccc(CCO)c2)COC1. The molecule has 3 heteroatoms. The summed E-state index contributed by atoms with van der Waals surface area (Å²) in [7, 11) is 0. The van der Waals surface area contributed by atoms with E-state index in [4.69, 9.17) is 14.6 Å². The standard InChI is InChI=1S/C13H18O3/c1-13(8-15-9-13)10-16-12-4-2-3-11(7-12)5-6-14/h2-4,7,14H,5-6,8-10H2,1H3. The Morgan fingerprint density at radius 3 is 2.88 bits per heavy atom. The summed E-state index contributed by atoms with van der Waals surface area (Å²) in [5.41, 5.74) is 1.28. The minimum atomic E-state index is 0.174. The highest BCUT2D eigenvalue weighted by Gasteiger charge is 2.34. The van der Waals surface area contributed by atoms with E-state index in [0.717, 1.165) is 24.5 Å². The smallest absolute Gasteiger partial charge is 0.119 e. The normalized spacial score (nSPS) is 17.9. The number of aliphatic hydroxyl groups excluding tert-OH is 1. The summed E-state index contributed by atoms with van der Waals surface area (Å²) in [4.78, 5) is 0. The quantitative estimate of drug-likeness (QED) is 0.823. The topological polar surface area (TPSA) is 38.7 Å². The molecule has 16 heavy (non-hydrogen) atoms. The fourth-order valence-corrected chi connectivity index (χ4v) is 1.71. The third-order valence-corrected chi connectivity index (χ3v) is 2.79. The number of ether oxygens (including phenoxy) is 2. The molecule has 0 aromatic heterocycles. The van der Waals surface area contributed by atoms with Crippen LogP contribution in [0.3, 0.4) is 0 Å². The summed E-state index contributed by atoms with van der Waals surface area (Å²) in [5.74, 6) is 0.874. The lowest BCUT2D eigenvalue weighted by atomic mass is 9.90. The molecule has 3 nitrogen and oxygen atoms in total. The van der Waals surface area contributed by atoms with Crippen molar-refractivity contribution in [2.75, 3.05) is 26.4 Å². The van der Waals surface area contributed by atoms with E-state index in [1.165, 1.54) is 0 Å². The van der Waals surface area contributed by atoms with Crippen LogP contribution in [0.15, 0.2) is 24.3 Å². The summed E-state index contributed by atoms with van der Waals surface area (Å²) in [6, 6.07) is 7.89. The molecule has 0 amide bonds. The Morgan fingerprint density at radius 1 is 1.44 bits per heavy atom. The Balaban J connectivity index is 1.90. The molecule has 88 valence electrons. The zero-order valence-corrected chi connectivity index (χ0v) is 9.61. The van der Waals surface area contributed by atoms with E-state index in [-0.39, 0.29) is 12.0 Å². The van der Waals surface area contributed by atoms with Gasteiger partial charge in [0.2, 0.25) is 0 Å². The number of aliphatic hydroxyl groups is 1. The number of benzene rings is 1. The lowest BCUT2D eigenvalue weighted by Crippen LogP contribution is -2.44. The molecule has 0 aliphatic carbocycles. The molecule has 1 saturated heterocycles. The third kappa shape index (κ3) is 2.74. The molecule has 2 rings (SSSR count). The van der Waals surface area contributed by atoms with Gasteiger partial charge in [-0.15, -0.1) is 0 Å². The van der Waals surface area contributed by atoms with Crippen molar-refractivity contribution >= 4 is 0 Å². The molecule has 0 unspecified atom stereocenters. The zero-order valence-electron chi connectivity index (χ0n) is 9.61. The first-order valence-electron chi connectivity index (χ1n) is 5.62. The van der Waals surface area contributed by atoms with Crippen LogP contribution in [-0.4, -0.2) is 31.5 Å². The molecule has 0 atom stereocenters. The zero-order chi connectivity index (χ0) is 11.4. The van der Waals surface area contributed by atoms with Crippen molar-refractivity contribution < 1.29 is 14.6 Å². The second kappa shape index (κ2) is 4.85. The van der Waals surface area contributed by atoms with Crippen molar-refractivity contribution in [1.29, 1.82) is 0 Å². The van der Waals surface area contributed by atoms with Crippen LogP contribution in [0, 0.1) is 5.41 Å². The van der Waals surface area contributed by atoms with Crippen LogP contribution in [0.1, 0.15) is 12.5 Å². The Morgan fingerprint density at radius 2 is 2.25 bits per heavy atom. The number of hydrogen-bond acceptors (Lipinski definition) is 3. The predicted octanol–water partition coefficient (Wildman–Crippen LogP) is 1.64. The van der Waals surface area contributed by atoms with Crippen LogP contribution >= 0.6 is 0 Å². The van der Waals surface area contributed by atoms with Gasteiger partial charge in [-0.1, -0.05) is 19.1 Å². The fraction of sp³-hybridized carbons (Fsp3) is 0.538. The summed E-state index contributed by atoms with van der Waals surface area (Å²) < 4.78 is 10.9. The van der Waals surface area contributed by atoms with Crippen LogP contribution in [-0.2, 0) is 11.2 Å². The van der Waals surface area contributed by atoms with E-state index in [9.17, 15) is 0 Å². The number of rotatable bonds is 5. The van der Waals surface area contributed by atoms with Gasteiger partial charge in [0, 0.05) is 12.0 Å². The minimum Gasteiger partial charge on any atom is -0.493 e. The van der Waals surface area contributed by atoms with E-state index < -0.39 is 0 Å². The molecule has 1 fully saturated rings. The first kappa shape index (κ1) is 11.4. The van der Waals surface area contributed by atoms with Crippen LogP contribution in [0.2, 0.25) is 0 Å². The average molecular weight is 222 g/mol. The van der Waals surface area contributed by atoms with E-state index in [1.54, 1.807) is 0 Å². The van der Waals surface area contributed by atoms with Crippen molar-refractivity contribution in [3.63, 3.8) is 0 Å². The Kier molecular flexibility index (Phi) is 3.46. The molecule has 0 bridgehead atoms. The van der Waals surface area contributed by atoms with Crippen molar-refractivity contribution in [2.45, 2.75) is 13.3 Å². The summed E-state index contributed by atoms with van der Waals surface area (Å²) in [5, 5.41) is 8.86. The van der Waals surface area contributed by atoms with Gasteiger partial charge in [0.15, 0.2) is 0 Å². The van der Waals surface area contributed by atoms with E-state index in [0.29, 0.717) is 13.0 Å². The highest BCUT2D eigenvalue weighted by Crippen LogP contribution is 2.27. The highest BCUT2D eigenvalue weighted by atomic mass is 16.5. The monoisotopic (exact) mass is 222 g/mol. The first-order chi connectivity index (χ1) is 7.72. The van der Waals surface area contributed by atoms with Gasteiger partial charge >= 0.3 is 0 Å². The molecule has 1 aliphatic heterocycles. The van der Waals surface area contributed by atoms with E-state index in [1.807, 2.05) is 24.3 Å². The lowest BCUT2D eigenvalue weighted by molar-refractivity contribution is -0.120. The molecule has 0 radical (unpaired) electrons. The lowest BCUT2D eigenvalue weighted by Gasteiger charge is -2.37. The average Bonchev–Trinajstić information content (AvgIpc) is 2.25. The van der Waals surface area contributed by atoms with Crippen molar-refractivity contribution in [1.82, 2.24) is 0 Å². The summed E-state index contributed by atoms with van der Waals surface area (Å²) in [6.45, 7) is 4.59. The molecular weight excluding hydrogens is 204 g/mol. The maximum Gasteiger partial charge on any atom is 0.119 e. The Hall–Kier alpha value is -1.06. The molecular formula is C13H18O3. The van der Waals surface area contributed by atoms with Crippen LogP contribution < -0.4 is 4.74 Å². The molecule has 0 spiro atoms. The maximum atomic E-state index is 8.86. The summed E-state index contributed by atoms with van der Waals surface area (Å²) >= 11 is 0. The summed E-state index contributed by atoms with van der Waals surface area (Å²) in [6.07, 6.45) is 0.678. The van der Waals surface area contributed by atoms with Gasteiger partial charge in [-0.25, -0.2) is 0 Å². The third-order valence-electron chi connectivity index (χ3n) is 2.79. The highest BCUT2D eigenvalue weighted by molar-refractivity contribution is 5.28. The van der Waals surface area contributed by atoms with Crippen molar-refractivity contribution in [3.05, 3.63) is 29.8 Å². The van der Waals surface area contributed by atoms with Crippen molar-refractivity contribution in [3.8, 4) is 5.75 Å². The molecule has 1 aromatic rings. The van der Waals surface area contributed by atoms with E-state index >= 15 is 0 Å². The molecule has 1 N–H and O–H groups in total. The molecule has 0 saturated carbocycles. The first-order valence-corrected chi connectivity index (χ1v) is 5.62. The maximum absolute atomic E-state index is 8.86. The van der Waals surface area contributed by atoms with Crippen LogP contribution in [0.25, 0.3) is 0 Å². The molecule has 1 aromatic carbocycles. The van der Waals surface area contributed by atoms with Gasteiger partial charge in [0.25, 0.3) is 0 Å². The van der Waals surface area contributed by atoms with Gasteiger partial charge in [0.05, 0.1) is 19.8 Å². The largest absolute Gasteiger partial charge is 0.493 e. The van der Waals surface area contributed by atoms with E-state index in [2.05, 4.69) is 6.92 Å². The van der Waals surface area contributed by atoms with Gasteiger partial charge in [-0.05, 0) is 24.1 Å². The van der Waals surface area contributed by atoms with Gasteiger partial charge in [-0.3, -0.25) is 0 Å². The fourth-order valence-electron chi connectivity index (χ4n) is 1.71. The van der Waals surface area contributed by atoms with Gasteiger partial charge in [-0.2, -0.15) is 0 Å². The van der Waals surface area contributed by atoms with Gasteiger partial charge < -0.3 is 14.6 Å². The number of hydrogen-bond donors (Lipinski definition) is 1. The van der Waals surface area contributed by atoms with Crippen LogP contribution in [0.5, 0.6) is 5.75 Å². The van der Waals surface area contributed by atoms with Crippen molar-refractivity contribution in [2.24, 2.45) is 5.41 Å².